The summed E-state index contributed by atoms with van der Waals surface area (Å²) in [5.74, 6) is -1.11. The Morgan fingerprint density at radius 2 is 2.23 bits per heavy atom. The predicted octanol–water partition coefficient (Wildman–Crippen LogP) is 3.15. The molecule has 3 N–H and O–H groups in total. The number of halogens is 2. The van der Waals surface area contributed by atoms with Crippen molar-refractivity contribution in [3.63, 3.8) is 0 Å². The highest BCUT2D eigenvalue weighted by molar-refractivity contribution is 9.10. The number of nitrogens with zero attached hydrogens (tertiary/aromatic N) is 1. The molecule has 2 aromatic rings. The van der Waals surface area contributed by atoms with Crippen molar-refractivity contribution in [3.05, 3.63) is 46.2 Å². The van der Waals surface area contributed by atoms with E-state index >= 15 is 0 Å². The van der Waals surface area contributed by atoms with E-state index in [9.17, 15) is 9.18 Å². The number of aromatic nitrogens is 1. The first kappa shape index (κ1) is 16.2. The van der Waals surface area contributed by atoms with Gasteiger partial charge in [-0.15, -0.1) is 0 Å². The highest BCUT2D eigenvalue weighted by Gasteiger charge is 2.12. The Kier molecular flexibility index (Phi) is 5.32. The van der Waals surface area contributed by atoms with Crippen LogP contribution in [-0.4, -0.2) is 17.5 Å². The number of pyridine rings is 1. The van der Waals surface area contributed by atoms with Gasteiger partial charge in [0.15, 0.2) is 11.6 Å². The zero-order valence-corrected chi connectivity index (χ0v) is 13.5. The molecule has 1 aromatic carbocycles. The lowest BCUT2D eigenvalue weighted by atomic mass is 10.2. The minimum absolute atomic E-state index is 0.0482. The number of ether oxygens (including phenoxy) is 1. The van der Waals surface area contributed by atoms with Crippen LogP contribution in [0.5, 0.6) is 5.88 Å². The van der Waals surface area contributed by atoms with Gasteiger partial charge in [0.05, 0.1) is 12.3 Å². The quantitative estimate of drug-likeness (QED) is 0.850. The first-order chi connectivity index (χ1) is 10.5. The lowest BCUT2D eigenvalue weighted by Gasteiger charge is -2.10. The maximum absolute atomic E-state index is 13.8. The topological polar surface area (TPSA) is 77.2 Å². The zero-order valence-electron chi connectivity index (χ0n) is 11.9. The predicted molar refractivity (Wildman–Crippen MR) is 86.3 cm³/mol. The summed E-state index contributed by atoms with van der Waals surface area (Å²) >= 11 is 3.38. The molecule has 1 amide bonds. The van der Waals surface area contributed by atoms with Crippen LogP contribution < -0.4 is 15.8 Å². The van der Waals surface area contributed by atoms with E-state index in [0.29, 0.717) is 6.42 Å². The van der Waals surface area contributed by atoms with Crippen LogP contribution in [0.2, 0.25) is 0 Å². The summed E-state index contributed by atoms with van der Waals surface area (Å²) < 4.78 is 20.1. The van der Waals surface area contributed by atoms with E-state index < -0.39 is 5.82 Å². The summed E-state index contributed by atoms with van der Waals surface area (Å²) in [7, 11) is 0. The third kappa shape index (κ3) is 4.42. The van der Waals surface area contributed by atoms with Gasteiger partial charge >= 0.3 is 0 Å². The first-order valence-electron chi connectivity index (χ1n) is 6.56. The average molecular weight is 368 g/mol. The molecule has 0 saturated heterocycles. The van der Waals surface area contributed by atoms with Crippen molar-refractivity contribution in [2.24, 2.45) is 0 Å². The molecule has 0 spiro atoms. The second-order valence-corrected chi connectivity index (χ2v) is 5.54. The Balaban J connectivity index is 2.04. The van der Waals surface area contributed by atoms with Crippen LogP contribution >= 0.6 is 15.9 Å². The van der Waals surface area contributed by atoms with E-state index in [0.717, 1.165) is 16.1 Å². The molecule has 0 saturated carbocycles. The van der Waals surface area contributed by atoms with Gasteiger partial charge in [-0.25, -0.2) is 4.39 Å². The monoisotopic (exact) mass is 367 g/mol. The molecular formula is C15H15BrFN3O2. The van der Waals surface area contributed by atoms with Gasteiger partial charge in [-0.05, 0) is 17.7 Å². The van der Waals surface area contributed by atoms with Gasteiger partial charge < -0.3 is 15.8 Å². The molecule has 0 atom stereocenters. The number of carbonyl (C=O) groups is 1. The van der Waals surface area contributed by atoms with Crippen molar-refractivity contribution in [1.29, 1.82) is 0 Å². The molecule has 0 aliphatic rings. The molecule has 0 unspecified atom stereocenters. The van der Waals surface area contributed by atoms with Crippen LogP contribution in [0, 0.1) is 5.82 Å². The lowest BCUT2D eigenvalue weighted by Crippen LogP contribution is -2.12. The van der Waals surface area contributed by atoms with Crippen LogP contribution in [0.25, 0.3) is 0 Å². The second-order valence-electron chi connectivity index (χ2n) is 4.62. The third-order valence-electron chi connectivity index (χ3n) is 2.79. The number of amides is 1. The minimum Gasteiger partial charge on any atom is -0.475 e. The molecule has 2 rings (SSSR count). The van der Waals surface area contributed by atoms with Gasteiger partial charge in [-0.2, -0.15) is 4.98 Å². The maximum atomic E-state index is 13.8. The number of hydrogen-bond acceptors (Lipinski definition) is 4. The Morgan fingerprint density at radius 3 is 2.91 bits per heavy atom. The number of carbonyl (C=O) groups excluding carboxylic acids is 1. The molecule has 0 aliphatic heterocycles. The smallest absolute Gasteiger partial charge is 0.252 e. The van der Waals surface area contributed by atoms with Crippen molar-refractivity contribution in [3.8, 4) is 5.88 Å². The van der Waals surface area contributed by atoms with E-state index in [4.69, 9.17) is 10.5 Å². The van der Waals surface area contributed by atoms with E-state index in [-0.39, 0.29) is 29.9 Å². The Labute approximate surface area is 135 Å². The molecule has 1 aromatic heterocycles. The van der Waals surface area contributed by atoms with Crippen LogP contribution in [0.15, 0.2) is 34.8 Å². The molecule has 1 heterocycles. The minimum atomic E-state index is -0.666. The number of anilines is 2. The lowest BCUT2D eigenvalue weighted by molar-refractivity contribution is -0.114. The van der Waals surface area contributed by atoms with E-state index in [1.807, 2.05) is 24.3 Å². The second kappa shape index (κ2) is 7.22. The van der Waals surface area contributed by atoms with Gasteiger partial charge in [-0.3, -0.25) is 4.79 Å². The van der Waals surface area contributed by atoms with Crippen molar-refractivity contribution in [2.75, 3.05) is 17.7 Å². The van der Waals surface area contributed by atoms with Gasteiger partial charge in [0.1, 0.15) is 0 Å². The normalized spacial score (nSPS) is 10.3. The summed E-state index contributed by atoms with van der Waals surface area (Å²) in [6.45, 7) is 1.57. The Bertz CT molecular complexity index is 694. The van der Waals surface area contributed by atoms with Crippen molar-refractivity contribution >= 4 is 33.3 Å². The molecule has 0 bridgehead atoms. The molecule has 22 heavy (non-hydrogen) atoms. The van der Waals surface area contributed by atoms with Gasteiger partial charge in [0.2, 0.25) is 5.91 Å². The number of nitrogen functional groups attached to an aromatic ring is 1. The van der Waals surface area contributed by atoms with Crippen molar-refractivity contribution in [1.82, 2.24) is 4.98 Å². The van der Waals surface area contributed by atoms with Crippen molar-refractivity contribution < 1.29 is 13.9 Å². The summed E-state index contributed by atoms with van der Waals surface area (Å²) in [6.07, 6.45) is 0.598. The average Bonchev–Trinajstić information content (AvgIpc) is 2.43. The maximum Gasteiger partial charge on any atom is 0.252 e. The fourth-order valence-electron chi connectivity index (χ4n) is 1.81. The van der Waals surface area contributed by atoms with Crippen molar-refractivity contribution in [2.45, 2.75) is 13.3 Å². The largest absolute Gasteiger partial charge is 0.475 e. The molecule has 5 nitrogen and oxygen atoms in total. The standard InChI is InChI=1S/C15H15BrFN3O2/c1-9(21)19-14-13(18)8-12(17)15(20-14)22-6-5-10-3-2-4-11(16)7-10/h2-4,7-8H,5-6,18H2,1H3,(H,19,20,21). The molecule has 0 fully saturated rings. The first-order valence-corrected chi connectivity index (χ1v) is 7.36. The Hall–Kier alpha value is -2.15. The molecule has 0 radical (unpaired) electrons. The van der Waals surface area contributed by atoms with Gasteiger partial charge in [0.25, 0.3) is 5.88 Å². The van der Waals surface area contributed by atoms with E-state index in [2.05, 4.69) is 26.2 Å². The number of benzene rings is 1. The SMILES string of the molecule is CC(=O)Nc1nc(OCCc2cccc(Br)c2)c(F)cc1N. The summed E-state index contributed by atoms with van der Waals surface area (Å²) in [5, 5.41) is 2.43. The highest BCUT2D eigenvalue weighted by atomic mass is 79.9. The van der Waals surface area contributed by atoms with E-state index in [1.54, 1.807) is 0 Å². The molecular weight excluding hydrogens is 353 g/mol. The van der Waals surface area contributed by atoms with Gasteiger partial charge in [-0.1, -0.05) is 28.1 Å². The summed E-state index contributed by atoms with van der Waals surface area (Å²) in [6, 6.07) is 8.82. The molecule has 7 heteroatoms. The number of rotatable bonds is 5. The zero-order chi connectivity index (χ0) is 16.1. The summed E-state index contributed by atoms with van der Waals surface area (Å²) in [4.78, 5) is 14.9. The summed E-state index contributed by atoms with van der Waals surface area (Å²) in [5.41, 5.74) is 6.69. The van der Waals surface area contributed by atoms with E-state index in [1.165, 1.54) is 6.92 Å². The van der Waals surface area contributed by atoms with Gasteiger partial charge in [0, 0.05) is 23.9 Å². The molecule has 116 valence electrons. The van der Waals surface area contributed by atoms with Crippen LogP contribution in [-0.2, 0) is 11.2 Å². The fraction of sp³-hybridized carbons (Fsp3) is 0.200. The van der Waals surface area contributed by atoms with Crippen LogP contribution in [0.1, 0.15) is 12.5 Å². The Morgan fingerprint density at radius 1 is 1.45 bits per heavy atom. The number of nitrogens with two attached hydrogens (primary N) is 1. The molecule has 0 aliphatic carbocycles. The third-order valence-corrected chi connectivity index (χ3v) is 3.28. The highest BCUT2D eigenvalue weighted by Crippen LogP contribution is 2.24. The number of nitrogens with one attached hydrogen (secondary N) is 1. The van der Waals surface area contributed by atoms with Crippen LogP contribution in [0.4, 0.5) is 15.9 Å². The number of hydrogen-bond donors (Lipinski definition) is 2. The van der Waals surface area contributed by atoms with Crippen LogP contribution in [0.3, 0.4) is 0 Å². The fourth-order valence-corrected chi connectivity index (χ4v) is 2.26.